The third-order valence-electron chi connectivity index (χ3n) is 9.19. The fraction of sp³-hybridized carbons (Fsp3) is 0.610. The molecule has 0 unspecified atom stereocenters. The van der Waals surface area contributed by atoms with Crippen LogP contribution in [0, 0.1) is 12.3 Å². The van der Waals surface area contributed by atoms with E-state index in [0.717, 1.165) is 5.56 Å². The Morgan fingerprint density at radius 1 is 0.476 bits per heavy atom. The molecule has 0 fully saturated rings. The number of aryl methyl sites for hydroxylation is 2. The van der Waals surface area contributed by atoms with Crippen LogP contribution < -0.4 is 0 Å². The van der Waals surface area contributed by atoms with Crippen LogP contribution in [0.15, 0.2) is 41.3 Å². The predicted octanol–water partition coefficient (Wildman–Crippen LogP) is 13.6. The zero-order valence-corrected chi connectivity index (χ0v) is 28.3. The molecule has 0 aliphatic heterocycles. The topological polar surface area (TPSA) is 0 Å². The summed E-state index contributed by atoms with van der Waals surface area (Å²) in [4.78, 5) is 1.20. The Labute approximate surface area is 264 Å². The van der Waals surface area contributed by atoms with Crippen LogP contribution in [0.5, 0.6) is 0 Å². The number of hydrogen-bond donors (Lipinski definition) is 0. The summed E-state index contributed by atoms with van der Waals surface area (Å²) in [7, 11) is 0. The van der Waals surface area contributed by atoms with E-state index < -0.39 is 0 Å². The Morgan fingerprint density at radius 3 is 1.21 bits per heavy atom. The van der Waals surface area contributed by atoms with E-state index in [1.54, 1.807) is 22.9 Å². The maximum absolute atomic E-state index is 5.85. The number of hydrogen-bond acceptors (Lipinski definition) is 1. The summed E-state index contributed by atoms with van der Waals surface area (Å²) in [5.41, 5.74) is 4.20. The van der Waals surface area contributed by atoms with Crippen molar-refractivity contribution in [2.45, 2.75) is 160 Å². The average molecular weight is 585 g/mol. The maximum Gasteiger partial charge on any atom is 0.0384 e. The molecule has 0 N–H and O–H groups in total. The molecule has 3 aromatic carbocycles. The highest BCUT2D eigenvalue weighted by Crippen LogP contribution is 2.32. The first-order valence-corrected chi connectivity index (χ1v) is 19.0. The van der Waals surface area contributed by atoms with E-state index in [1.165, 1.54) is 168 Å². The maximum atomic E-state index is 5.85. The lowest BCUT2D eigenvalue weighted by molar-refractivity contribution is 0.553. The second kappa shape index (κ2) is 20.9. The first-order valence-electron chi connectivity index (χ1n) is 17.7. The number of benzene rings is 3. The SMILES string of the molecule is C#Cc1cc2cc3cc(CCCCCCCCCCCC)c(CCCCCCCCCCCC)cc3cc2cc1SC. The molecule has 0 radical (unpaired) electrons. The lowest BCUT2D eigenvalue weighted by Gasteiger charge is -2.14. The standard InChI is InChI=1S/C41H60S/c1-5-8-10-12-14-16-18-20-22-24-26-35-29-38-31-37-28-34(7-3)41(42-4)33-40(37)32-39(38)30-36(35)27-25-23-21-19-17-15-13-11-9-6-2/h3,28-33H,5-6,8-27H2,1-2,4H3. The Bertz CT molecular complexity index is 1210. The number of terminal acetylenes is 1. The molecule has 3 rings (SSSR count). The van der Waals surface area contributed by atoms with Crippen molar-refractivity contribution in [3.63, 3.8) is 0 Å². The minimum Gasteiger partial charge on any atom is -0.128 e. The molecule has 230 valence electrons. The monoisotopic (exact) mass is 584 g/mol. The van der Waals surface area contributed by atoms with Crippen LogP contribution in [0.3, 0.4) is 0 Å². The highest BCUT2D eigenvalue weighted by molar-refractivity contribution is 7.98. The van der Waals surface area contributed by atoms with Gasteiger partial charge in [-0.2, -0.15) is 0 Å². The van der Waals surface area contributed by atoms with Crippen molar-refractivity contribution >= 4 is 33.3 Å². The average Bonchev–Trinajstić information content (AvgIpc) is 3.01. The summed E-state index contributed by atoms with van der Waals surface area (Å²) < 4.78 is 0. The van der Waals surface area contributed by atoms with Gasteiger partial charge < -0.3 is 0 Å². The van der Waals surface area contributed by atoms with Gasteiger partial charge in [-0.15, -0.1) is 18.2 Å². The molecule has 1 heteroatoms. The van der Waals surface area contributed by atoms with Gasteiger partial charge in [0, 0.05) is 10.5 Å². The van der Waals surface area contributed by atoms with Crippen molar-refractivity contribution in [2.24, 2.45) is 0 Å². The molecule has 0 spiro atoms. The van der Waals surface area contributed by atoms with Crippen LogP contribution in [-0.2, 0) is 12.8 Å². The third kappa shape index (κ3) is 12.0. The Morgan fingerprint density at radius 2 is 0.833 bits per heavy atom. The van der Waals surface area contributed by atoms with E-state index in [-0.39, 0.29) is 0 Å². The zero-order valence-electron chi connectivity index (χ0n) is 27.5. The van der Waals surface area contributed by atoms with Gasteiger partial charge in [-0.1, -0.05) is 147 Å². The highest BCUT2D eigenvalue weighted by atomic mass is 32.2. The van der Waals surface area contributed by atoms with E-state index in [1.807, 2.05) is 0 Å². The smallest absolute Gasteiger partial charge is 0.0384 e. The molecular formula is C41H60S. The molecule has 3 aromatic rings. The van der Waals surface area contributed by atoms with E-state index in [0.29, 0.717) is 0 Å². The summed E-state index contributed by atoms with van der Waals surface area (Å²) in [6, 6.07) is 14.3. The molecule has 0 saturated heterocycles. The van der Waals surface area contributed by atoms with Gasteiger partial charge in [0.05, 0.1) is 0 Å². The van der Waals surface area contributed by atoms with Crippen molar-refractivity contribution in [3.8, 4) is 12.3 Å². The van der Waals surface area contributed by atoms with Crippen LogP contribution >= 0.6 is 11.8 Å². The van der Waals surface area contributed by atoms with Gasteiger partial charge >= 0.3 is 0 Å². The van der Waals surface area contributed by atoms with Crippen LogP contribution in [0.4, 0.5) is 0 Å². The van der Waals surface area contributed by atoms with Gasteiger partial charge in [0.2, 0.25) is 0 Å². The molecule has 42 heavy (non-hydrogen) atoms. The fourth-order valence-electron chi connectivity index (χ4n) is 6.53. The third-order valence-corrected chi connectivity index (χ3v) is 9.96. The normalized spacial score (nSPS) is 11.5. The molecule has 0 nitrogen and oxygen atoms in total. The summed E-state index contributed by atoms with van der Waals surface area (Å²) in [5, 5.41) is 5.33. The number of unbranched alkanes of at least 4 members (excludes halogenated alkanes) is 18. The predicted molar refractivity (Wildman–Crippen MR) is 192 cm³/mol. The van der Waals surface area contributed by atoms with Crippen LogP contribution in [0.25, 0.3) is 21.5 Å². The Kier molecular flexibility index (Phi) is 17.2. The molecule has 0 heterocycles. The van der Waals surface area contributed by atoms with Crippen LogP contribution in [0.1, 0.15) is 159 Å². The van der Waals surface area contributed by atoms with Crippen molar-refractivity contribution in [3.05, 3.63) is 53.1 Å². The number of fused-ring (bicyclic) bond motifs is 2. The van der Waals surface area contributed by atoms with Gasteiger partial charge in [0.15, 0.2) is 0 Å². The zero-order chi connectivity index (χ0) is 29.8. The molecule has 0 amide bonds. The summed E-state index contributed by atoms with van der Waals surface area (Å²) in [6.45, 7) is 4.61. The van der Waals surface area contributed by atoms with Gasteiger partial charge in [-0.25, -0.2) is 0 Å². The molecule has 0 aliphatic carbocycles. The van der Waals surface area contributed by atoms with Gasteiger partial charge in [0.1, 0.15) is 0 Å². The summed E-state index contributed by atoms with van der Waals surface area (Å²) in [5.74, 6) is 2.90. The van der Waals surface area contributed by atoms with E-state index in [9.17, 15) is 0 Å². The van der Waals surface area contributed by atoms with Crippen molar-refractivity contribution in [2.75, 3.05) is 6.26 Å². The molecular weight excluding hydrogens is 525 g/mol. The summed E-state index contributed by atoms with van der Waals surface area (Å²) in [6.07, 6.45) is 38.4. The second-order valence-electron chi connectivity index (χ2n) is 12.7. The first-order chi connectivity index (χ1) is 20.7. The minimum absolute atomic E-state index is 1.01. The fourth-order valence-corrected chi connectivity index (χ4v) is 7.11. The van der Waals surface area contributed by atoms with Crippen LogP contribution in [-0.4, -0.2) is 6.26 Å². The van der Waals surface area contributed by atoms with Gasteiger partial charge in [-0.3, -0.25) is 0 Å². The minimum atomic E-state index is 1.01. The summed E-state index contributed by atoms with van der Waals surface area (Å²) >= 11 is 1.75. The van der Waals surface area contributed by atoms with Gasteiger partial charge in [-0.05, 0) is 88.9 Å². The molecule has 0 aromatic heterocycles. The molecule has 0 saturated carbocycles. The molecule has 0 atom stereocenters. The lowest BCUT2D eigenvalue weighted by Crippen LogP contribution is -1.97. The second-order valence-corrected chi connectivity index (χ2v) is 13.6. The highest BCUT2D eigenvalue weighted by Gasteiger charge is 2.09. The lowest BCUT2D eigenvalue weighted by atomic mass is 9.92. The molecule has 0 aliphatic rings. The molecule has 0 bridgehead atoms. The van der Waals surface area contributed by atoms with E-state index in [4.69, 9.17) is 6.42 Å². The number of rotatable bonds is 23. The first kappa shape index (κ1) is 34.6. The quantitative estimate of drug-likeness (QED) is 0.0462. The van der Waals surface area contributed by atoms with E-state index >= 15 is 0 Å². The van der Waals surface area contributed by atoms with Crippen molar-refractivity contribution in [1.29, 1.82) is 0 Å². The van der Waals surface area contributed by atoms with Crippen molar-refractivity contribution in [1.82, 2.24) is 0 Å². The largest absolute Gasteiger partial charge is 0.128 e. The van der Waals surface area contributed by atoms with Gasteiger partial charge in [0.25, 0.3) is 0 Å². The van der Waals surface area contributed by atoms with Crippen molar-refractivity contribution < 1.29 is 0 Å². The van der Waals surface area contributed by atoms with Crippen LogP contribution in [0.2, 0.25) is 0 Å². The Balaban J connectivity index is 1.61. The number of thioether (sulfide) groups is 1. The van der Waals surface area contributed by atoms with E-state index in [2.05, 4.69) is 62.4 Å². The Hall–Kier alpha value is -1.91.